The number of carbonyl (C=O) groups is 1. The first kappa shape index (κ1) is 11.3. The average molecular weight is 243 g/mol. The summed E-state index contributed by atoms with van der Waals surface area (Å²) >= 11 is 0. The molecular weight excluding hydrogens is 226 g/mol. The summed E-state index contributed by atoms with van der Waals surface area (Å²) in [5.41, 5.74) is 7.19. The number of nitrogens with two attached hydrogens (primary N) is 1. The van der Waals surface area contributed by atoms with Gasteiger partial charge < -0.3 is 16.0 Å². The van der Waals surface area contributed by atoms with Crippen LogP contribution >= 0.6 is 0 Å². The number of fused-ring (bicyclic) bond motifs is 1. The number of aromatic amines is 1. The van der Waals surface area contributed by atoms with Gasteiger partial charge in [0.2, 0.25) is 5.91 Å². The molecule has 2 aromatic rings. The molecule has 1 aromatic heterocycles. The second-order valence-corrected chi connectivity index (χ2v) is 5.29. The lowest BCUT2D eigenvalue weighted by Crippen LogP contribution is -2.50. The Bertz CT molecular complexity index is 596. The van der Waals surface area contributed by atoms with Gasteiger partial charge >= 0.3 is 0 Å². The summed E-state index contributed by atoms with van der Waals surface area (Å²) in [4.78, 5) is 15.3. The largest absolute Gasteiger partial charge is 0.361 e. The zero-order chi connectivity index (χ0) is 12.8. The van der Waals surface area contributed by atoms with Crippen molar-refractivity contribution in [3.8, 4) is 0 Å². The van der Waals surface area contributed by atoms with Crippen molar-refractivity contribution in [3.63, 3.8) is 0 Å². The number of hydrogen-bond acceptors (Lipinski definition) is 2. The summed E-state index contributed by atoms with van der Waals surface area (Å²) in [6, 6.07) is 7.77. The van der Waals surface area contributed by atoms with Crippen molar-refractivity contribution < 1.29 is 4.79 Å². The van der Waals surface area contributed by atoms with Gasteiger partial charge in [0, 0.05) is 22.8 Å². The van der Waals surface area contributed by atoms with Crippen LogP contribution < -0.4 is 11.1 Å². The van der Waals surface area contributed by atoms with Gasteiger partial charge in [0.05, 0.1) is 5.54 Å². The number of H-pyrrole nitrogens is 1. The molecule has 1 aliphatic carbocycles. The molecule has 18 heavy (non-hydrogen) atoms. The summed E-state index contributed by atoms with van der Waals surface area (Å²) in [7, 11) is 0. The van der Waals surface area contributed by atoms with Crippen LogP contribution in [-0.2, 0) is 4.79 Å². The third-order valence-corrected chi connectivity index (χ3v) is 3.73. The van der Waals surface area contributed by atoms with E-state index in [1.165, 1.54) is 0 Å². The molecule has 4 nitrogen and oxygen atoms in total. The topological polar surface area (TPSA) is 70.9 Å². The predicted octanol–water partition coefficient (Wildman–Crippen LogP) is 2.23. The minimum Gasteiger partial charge on any atom is -0.361 e. The molecule has 0 saturated heterocycles. The van der Waals surface area contributed by atoms with Crippen molar-refractivity contribution >= 4 is 22.5 Å². The molecule has 0 spiro atoms. The van der Waals surface area contributed by atoms with E-state index in [0.29, 0.717) is 5.92 Å². The van der Waals surface area contributed by atoms with Gasteiger partial charge in [0.25, 0.3) is 0 Å². The van der Waals surface area contributed by atoms with Crippen LogP contribution in [0.3, 0.4) is 0 Å². The number of nitrogens with one attached hydrogen (secondary N) is 2. The van der Waals surface area contributed by atoms with Crippen LogP contribution in [0.1, 0.15) is 19.8 Å². The van der Waals surface area contributed by atoms with E-state index in [9.17, 15) is 4.79 Å². The molecule has 0 radical (unpaired) electrons. The SMILES string of the molecule is CC(N)(C(=O)Nc1ccc2[nH]ccc2c1)C1CC1. The van der Waals surface area contributed by atoms with Gasteiger partial charge in [-0.15, -0.1) is 0 Å². The summed E-state index contributed by atoms with van der Waals surface area (Å²) in [6.07, 6.45) is 3.99. The first-order valence-electron chi connectivity index (χ1n) is 6.25. The summed E-state index contributed by atoms with van der Waals surface area (Å²) in [5.74, 6) is 0.230. The molecule has 1 amide bonds. The third kappa shape index (κ3) is 1.88. The Hall–Kier alpha value is -1.81. The van der Waals surface area contributed by atoms with E-state index in [-0.39, 0.29) is 5.91 Å². The van der Waals surface area contributed by atoms with Crippen LogP contribution in [0.2, 0.25) is 0 Å². The molecule has 1 unspecified atom stereocenters. The highest BCUT2D eigenvalue weighted by molar-refractivity contribution is 5.99. The highest BCUT2D eigenvalue weighted by atomic mass is 16.2. The average Bonchev–Trinajstić information content (AvgIpc) is 3.09. The van der Waals surface area contributed by atoms with Gasteiger partial charge in [0.1, 0.15) is 0 Å². The molecule has 3 rings (SSSR count). The van der Waals surface area contributed by atoms with E-state index in [1.807, 2.05) is 37.4 Å². The zero-order valence-electron chi connectivity index (χ0n) is 10.4. The van der Waals surface area contributed by atoms with E-state index < -0.39 is 5.54 Å². The molecule has 4 N–H and O–H groups in total. The fourth-order valence-corrected chi connectivity index (χ4v) is 2.27. The Labute approximate surface area is 106 Å². The van der Waals surface area contributed by atoms with Crippen LogP contribution in [0.4, 0.5) is 5.69 Å². The smallest absolute Gasteiger partial charge is 0.244 e. The molecule has 4 heteroatoms. The quantitative estimate of drug-likeness (QED) is 0.773. The highest BCUT2D eigenvalue weighted by Gasteiger charge is 2.44. The lowest BCUT2D eigenvalue weighted by Gasteiger charge is -2.23. The van der Waals surface area contributed by atoms with E-state index in [2.05, 4.69) is 10.3 Å². The van der Waals surface area contributed by atoms with Crippen LogP contribution in [0.25, 0.3) is 10.9 Å². The lowest BCUT2D eigenvalue weighted by molar-refractivity contribution is -0.121. The Morgan fingerprint density at radius 2 is 2.22 bits per heavy atom. The number of aromatic nitrogens is 1. The zero-order valence-corrected chi connectivity index (χ0v) is 10.4. The maximum Gasteiger partial charge on any atom is 0.244 e. The maximum atomic E-state index is 12.1. The Kier molecular flexibility index (Phi) is 2.41. The second-order valence-electron chi connectivity index (χ2n) is 5.29. The number of amides is 1. The van der Waals surface area contributed by atoms with Crippen molar-refractivity contribution in [2.45, 2.75) is 25.3 Å². The number of anilines is 1. The maximum absolute atomic E-state index is 12.1. The van der Waals surface area contributed by atoms with Crippen LogP contribution in [-0.4, -0.2) is 16.4 Å². The normalized spacial score (nSPS) is 18.6. The molecule has 1 saturated carbocycles. The number of carbonyl (C=O) groups excluding carboxylic acids is 1. The Morgan fingerprint density at radius 1 is 1.44 bits per heavy atom. The summed E-state index contributed by atoms with van der Waals surface area (Å²) < 4.78 is 0. The van der Waals surface area contributed by atoms with Gasteiger partial charge in [-0.3, -0.25) is 4.79 Å². The minimum absolute atomic E-state index is 0.0973. The molecule has 94 valence electrons. The highest BCUT2D eigenvalue weighted by Crippen LogP contribution is 2.38. The molecule has 0 aliphatic heterocycles. The van der Waals surface area contributed by atoms with Gasteiger partial charge in [-0.1, -0.05) is 0 Å². The monoisotopic (exact) mass is 243 g/mol. The molecule has 1 fully saturated rings. The number of hydrogen-bond donors (Lipinski definition) is 3. The molecule has 1 heterocycles. The Morgan fingerprint density at radius 3 is 2.94 bits per heavy atom. The van der Waals surface area contributed by atoms with Crippen molar-refractivity contribution in [1.82, 2.24) is 4.98 Å². The molecular formula is C14H17N3O. The summed E-state index contributed by atoms with van der Waals surface area (Å²) in [6.45, 7) is 1.81. The van der Waals surface area contributed by atoms with Crippen LogP contribution in [0.5, 0.6) is 0 Å². The van der Waals surface area contributed by atoms with Crippen molar-refractivity contribution in [2.75, 3.05) is 5.32 Å². The predicted molar refractivity (Wildman–Crippen MR) is 72.2 cm³/mol. The molecule has 1 aromatic carbocycles. The van der Waals surface area contributed by atoms with Crippen molar-refractivity contribution in [1.29, 1.82) is 0 Å². The molecule has 0 bridgehead atoms. The number of rotatable bonds is 3. The molecule has 1 atom stereocenters. The fourth-order valence-electron chi connectivity index (χ4n) is 2.27. The van der Waals surface area contributed by atoms with E-state index in [0.717, 1.165) is 29.4 Å². The van der Waals surface area contributed by atoms with E-state index in [4.69, 9.17) is 5.73 Å². The van der Waals surface area contributed by atoms with Crippen molar-refractivity contribution in [2.24, 2.45) is 11.7 Å². The van der Waals surface area contributed by atoms with Crippen molar-refractivity contribution in [3.05, 3.63) is 30.5 Å². The van der Waals surface area contributed by atoms with Gasteiger partial charge in [-0.25, -0.2) is 0 Å². The fraction of sp³-hybridized carbons (Fsp3) is 0.357. The van der Waals surface area contributed by atoms with Gasteiger partial charge in [-0.05, 0) is 49.9 Å². The molecule has 1 aliphatic rings. The summed E-state index contributed by atoms with van der Waals surface area (Å²) in [5, 5.41) is 3.99. The number of benzene rings is 1. The second kappa shape index (κ2) is 3.85. The standard InChI is InChI=1S/C14H17N3O/c1-14(15,10-2-3-10)13(18)17-11-4-5-12-9(8-11)6-7-16-12/h4-8,10,16H,2-3,15H2,1H3,(H,17,18). The lowest BCUT2D eigenvalue weighted by atomic mass is 9.96. The minimum atomic E-state index is -0.757. The first-order valence-corrected chi connectivity index (χ1v) is 6.25. The Balaban J connectivity index is 1.81. The van der Waals surface area contributed by atoms with Gasteiger partial charge in [-0.2, -0.15) is 0 Å². The van der Waals surface area contributed by atoms with Gasteiger partial charge in [0.15, 0.2) is 0 Å². The first-order chi connectivity index (χ1) is 8.57. The van der Waals surface area contributed by atoms with Crippen LogP contribution in [0.15, 0.2) is 30.5 Å². The third-order valence-electron chi connectivity index (χ3n) is 3.73. The van der Waals surface area contributed by atoms with Crippen LogP contribution in [0, 0.1) is 5.92 Å². The van der Waals surface area contributed by atoms with E-state index in [1.54, 1.807) is 0 Å². The van der Waals surface area contributed by atoms with E-state index >= 15 is 0 Å².